The smallest absolute Gasteiger partial charge is 0.410 e. The van der Waals surface area contributed by atoms with Gasteiger partial charge in [0.15, 0.2) is 5.82 Å². The van der Waals surface area contributed by atoms with E-state index < -0.39 is 11.4 Å². The molecule has 0 spiro atoms. The number of amides is 1. The van der Waals surface area contributed by atoms with Crippen LogP contribution in [0.4, 0.5) is 9.18 Å². The number of carbonyl (C=O) groups is 1. The molecule has 2 aromatic heterocycles. The van der Waals surface area contributed by atoms with Crippen molar-refractivity contribution in [1.29, 1.82) is 0 Å². The molecule has 4 rings (SSSR count). The van der Waals surface area contributed by atoms with E-state index in [9.17, 15) is 9.18 Å². The van der Waals surface area contributed by atoms with Gasteiger partial charge in [0.25, 0.3) is 0 Å². The number of likely N-dealkylation sites (tertiary alicyclic amines) is 1. The van der Waals surface area contributed by atoms with Gasteiger partial charge >= 0.3 is 6.09 Å². The van der Waals surface area contributed by atoms with Crippen LogP contribution in [0.15, 0.2) is 27.8 Å². The number of nitrogens with zero attached hydrogens (tertiary/aromatic N) is 3. The molecule has 0 saturated carbocycles. The highest BCUT2D eigenvalue weighted by Gasteiger charge is 2.29. The molecule has 0 aliphatic carbocycles. The van der Waals surface area contributed by atoms with Crippen molar-refractivity contribution in [3.05, 3.63) is 33.6 Å². The van der Waals surface area contributed by atoms with Crippen LogP contribution < -0.4 is 0 Å². The monoisotopic (exact) mass is 527 g/mol. The van der Waals surface area contributed by atoms with Gasteiger partial charge in [0.05, 0.1) is 15.0 Å². The molecule has 1 aromatic carbocycles. The number of piperidine rings is 1. The van der Waals surface area contributed by atoms with E-state index in [4.69, 9.17) is 16.3 Å². The molecule has 0 unspecified atom stereocenters. The van der Waals surface area contributed by atoms with E-state index in [1.807, 2.05) is 39.3 Å². The van der Waals surface area contributed by atoms with E-state index in [1.165, 1.54) is 11.8 Å². The summed E-state index contributed by atoms with van der Waals surface area (Å²) in [4.78, 5) is 18.7. The van der Waals surface area contributed by atoms with Gasteiger partial charge in [0.1, 0.15) is 16.1 Å². The highest BCUT2D eigenvalue weighted by atomic mass is 79.9. The third kappa shape index (κ3) is 4.26. The Hall–Kier alpha value is -1.51. The van der Waals surface area contributed by atoms with Crippen LogP contribution in [-0.2, 0) is 4.74 Å². The lowest BCUT2D eigenvalue weighted by Gasteiger charge is -2.34. The first-order chi connectivity index (χ1) is 14.6. The fourth-order valence-corrected chi connectivity index (χ4v) is 5.12. The summed E-state index contributed by atoms with van der Waals surface area (Å²) in [6.45, 7) is 6.83. The summed E-state index contributed by atoms with van der Waals surface area (Å²) < 4.78 is 22.9. The second-order valence-electron chi connectivity index (χ2n) is 8.69. The van der Waals surface area contributed by atoms with Crippen molar-refractivity contribution >= 4 is 67.2 Å². The molecule has 0 bridgehead atoms. The number of ether oxygens (including phenoxy) is 1. The third-order valence-electron chi connectivity index (χ3n) is 5.45. The number of carbonyl (C=O) groups excluding carboxylic acids is 1. The second-order valence-corrected chi connectivity index (χ2v) is 10.7. The zero-order valence-corrected chi connectivity index (χ0v) is 21.0. The molecule has 3 aromatic rings. The average molecular weight is 529 g/mol. The number of benzene rings is 1. The van der Waals surface area contributed by atoms with Crippen LogP contribution in [0.2, 0.25) is 5.02 Å². The zero-order valence-electron chi connectivity index (χ0n) is 17.8. The summed E-state index contributed by atoms with van der Waals surface area (Å²) in [5, 5.41) is 2.77. The Morgan fingerprint density at radius 1 is 1.32 bits per heavy atom. The van der Waals surface area contributed by atoms with Gasteiger partial charge < -0.3 is 14.2 Å². The van der Waals surface area contributed by atoms with Gasteiger partial charge in [-0.05, 0) is 67.9 Å². The first-order valence-electron chi connectivity index (χ1n) is 10.1. The van der Waals surface area contributed by atoms with E-state index in [1.54, 1.807) is 11.0 Å². The Labute approximate surface area is 198 Å². The molecule has 1 fully saturated rings. The van der Waals surface area contributed by atoms with Crippen molar-refractivity contribution in [2.24, 2.45) is 0 Å². The normalized spacial score (nSPS) is 15.8. The molecule has 0 radical (unpaired) electrons. The maximum absolute atomic E-state index is 15.0. The first-order valence-corrected chi connectivity index (χ1v) is 12.5. The molecule has 9 heteroatoms. The van der Waals surface area contributed by atoms with Gasteiger partial charge in [-0.2, -0.15) is 0 Å². The molecule has 3 heterocycles. The molecule has 166 valence electrons. The molecular weight excluding hydrogens is 505 g/mol. The summed E-state index contributed by atoms with van der Waals surface area (Å²) in [5.41, 5.74) is 0.722. The predicted molar refractivity (Wildman–Crippen MR) is 128 cm³/mol. The Bertz CT molecular complexity index is 1170. The van der Waals surface area contributed by atoms with Crippen LogP contribution in [0.3, 0.4) is 0 Å². The van der Waals surface area contributed by atoms with E-state index in [0.29, 0.717) is 29.0 Å². The van der Waals surface area contributed by atoms with Crippen LogP contribution >= 0.6 is 39.3 Å². The molecule has 1 amide bonds. The summed E-state index contributed by atoms with van der Waals surface area (Å²) in [5.74, 6) is -0.452. The molecule has 1 aliphatic rings. The van der Waals surface area contributed by atoms with E-state index in [0.717, 1.165) is 28.8 Å². The van der Waals surface area contributed by atoms with Crippen LogP contribution in [0.1, 0.15) is 39.7 Å². The van der Waals surface area contributed by atoms with Gasteiger partial charge in [0, 0.05) is 36.1 Å². The quantitative estimate of drug-likeness (QED) is 0.264. The predicted octanol–water partition coefficient (Wildman–Crippen LogP) is 7.04. The number of halogens is 3. The zero-order chi connectivity index (χ0) is 22.5. The number of pyridine rings is 1. The van der Waals surface area contributed by atoms with Crippen molar-refractivity contribution in [2.45, 2.75) is 50.3 Å². The fraction of sp³-hybridized carbons (Fsp3) is 0.455. The minimum Gasteiger partial charge on any atom is -0.444 e. The van der Waals surface area contributed by atoms with E-state index in [2.05, 4.69) is 25.5 Å². The van der Waals surface area contributed by atoms with Gasteiger partial charge in [0.2, 0.25) is 0 Å². The highest BCUT2D eigenvalue weighted by Crippen LogP contribution is 2.40. The number of rotatable bonds is 2. The molecule has 31 heavy (non-hydrogen) atoms. The fourth-order valence-electron chi connectivity index (χ4n) is 4.05. The van der Waals surface area contributed by atoms with Crippen LogP contribution in [0.5, 0.6) is 0 Å². The molecular formula is C22H24BrClFN3O2S. The summed E-state index contributed by atoms with van der Waals surface area (Å²) in [6, 6.07) is 3.99. The van der Waals surface area contributed by atoms with E-state index >= 15 is 0 Å². The SMILES string of the molecule is CSc1nc2c(F)c(Br)c(Cl)cc2c2c1ccn2C1CCN(C(=O)OC(C)(C)C)CC1. The molecule has 0 N–H and O–H groups in total. The minimum atomic E-state index is -0.512. The van der Waals surface area contributed by atoms with Crippen molar-refractivity contribution in [3.8, 4) is 0 Å². The Balaban J connectivity index is 1.72. The lowest BCUT2D eigenvalue weighted by molar-refractivity contribution is 0.0190. The van der Waals surface area contributed by atoms with Crippen LogP contribution in [-0.4, -0.2) is 45.5 Å². The lowest BCUT2D eigenvalue weighted by atomic mass is 10.0. The Morgan fingerprint density at radius 3 is 2.61 bits per heavy atom. The standard InChI is InChI=1S/C22H24BrClFN3O2S/c1-22(2,3)30-21(29)27-8-5-12(6-9-27)28-10-7-13-19(28)14-11-15(24)16(23)17(25)18(14)26-20(13)31-4/h7,10-12H,5-6,8-9H2,1-4H3. The Morgan fingerprint density at radius 2 is 2.00 bits per heavy atom. The first kappa shape index (κ1) is 22.7. The van der Waals surface area contributed by atoms with Crippen molar-refractivity contribution in [1.82, 2.24) is 14.5 Å². The van der Waals surface area contributed by atoms with Gasteiger partial charge in [-0.25, -0.2) is 14.2 Å². The molecule has 1 saturated heterocycles. The number of aromatic nitrogens is 2. The molecule has 1 aliphatic heterocycles. The third-order valence-corrected chi connectivity index (χ3v) is 7.45. The van der Waals surface area contributed by atoms with Crippen molar-refractivity contribution in [2.75, 3.05) is 19.3 Å². The highest BCUT2D eigenvalue weighted by molar-refractivity contribution is 9.10. The number of hydrogen-bond acceptors (Lipinski definition) is 4. The van der Waals surface area contributed by atoms with Gasteiger partial charge in [-0.1, -0.05) is 11.6 Å². The van der Waals surface area contributed by atoms with Crippen LogP contribution in [0.25, 0.3) is 21.8 Å². The van der Waals surface area contributed by atoms with Crippen LogP contribution in [0, 0.1) is 5.82 Å². The second kappa shape index (κ2) is 8.45. The average Bonchev–Trinajstić information content (AvgIpc) is 3.16. The Kier molecular flexibility index (Phi) is 6.18. The van der Waals surface area contributed by atoms with Gasteiger partial charge in [-0.15, -0.1) is 11.8 Å². The lowest BCUT2D eigenvalue weighted by Crippen LogP contribution is -2.42. The largest absolute Gasteiger partial charge is 0.444 e. The summed E-state index contributed by atoms with van der Waals surface area (Å²) in [7, 11) is 0. The van der Waals surface area contributed by atoms with Crippen molar-refractivity contribution < 1.29 is 13.9 Å². The maximum atomic E-state index is 15.0. The number of hydrogen-bond donors (Lipinski definition) is 0. The van der Waals surface area contributed by atoms with Crippen molar-refractivity contribution in [3.63, 3.8) is 0 Å². The van der Waals surface area contributed by atoms with E-state index in [-0.39, 0.29) is 16.6 Å². The number of fused-ring (bicyclic) bond motifs is 3. The van der Waals surface area contributed by atoms with Gasteiger partial charge in [-0.3, -0.25) is 0 Å². The molecule has 5 nitrogen and oxygen atoms in total. The summed E-state index contributed by atoms with van der Waals surface area (Å²) in [6.07, 6.45) is 5.27. The molecule has 0 atom stereocenters. The summed E-state index contributed by atoms with van der Waals surface area (Å²) >= 11 is 11.0. The topological polar surface area (TPSA) is 47.4 Å². The maximum Gasteiger partial charge on any atom is 0.410 e. The number of thioether (sulfide) groups is 1. The minimum absolute atomic E-state index is 0.182.